The summed E-state index contributed by atoms with van der Waals surface area (Å²) >= 11 is 1.81. The predicted molar refractivity (Wildman–Crippen MR) is 91.0 cm³/mol. The molecule has 2 rings (SSSR count). The highest BCUT2D eigenvalue weighted by Gasteiger charge is 2.09. The van der Waals surface area contributed by atoms with Gasteiger partial charge in [0, 0.05) is 27.0 Å². The molecule has 1 heterocycles. The van der Waals surface area contributed by atoms with Gasteiger partial charge in [-0.15, -0.1) is 11.3 Å². The molecule has 0 bridgehead atoms. The van der Waals surface area contributed by atoms with Crippen LogP contribution in [0.25, 0.3) is 0 Å². The van der Waals surface area contributed by atoms with Gasteiger partial charge in [-0.05, 0) is 50.2 Å². The molecule has 2 aromatic rings. The van der Waals surface area contributed by atoms with Crippen LogP contribution >= 0.6 is 11.3 Å². The summed E-state index contributed by atoms with van der Waals surface area (Å²) in [7, 11) is 0. The number of carbonyl (C=O) groups is 1. The van der Waals surface area contributed by atoms with E-state index in [4.69, 9.17) is 0 Å². The van der Waals surface area contributed by atoms with Crippen LogP contribution in [-0.2, 0) is 4.79 Å². The molecule has 0 aliphatic rings. The Morgan fingerprint density at radius 2 is 1.62 bits per heavy atom. The summed E-state index contributed by atoms with van der Waals surface area (Å²) in [5.41, 5.74) is 1.88. The Morgan fingerprint density at radius 1 is 1.00 bits per heavy atom. The van der Waals surface area contributed by atoms with Crippen molar-refractivity contribution in [2.24, 2.45) is 5.92 Å². The lowest BCUT2D eigenvalue weighted by atomic mass is 10.2. The maximum atomic E-state index is 11.6. The Hall–Kier alpha value is -1.81. The van der Waals surface area contributed by atoms with Gasteiger partial charge in [-0.3, -0.25) is 4.79 Å². The fourth-order valence-electron chi connectivity index (χ4n) is 1.94. The smallest absolute Gasteiger partial charge is 0.226 e. The first-order valence-electron chi connectivity index (χ1n) is 7.19. The minimum absolute atomic E-state index is 0.00936. The monoisotopic (exact) mass is 302 g/mol. The molecule has 1 atom stereocenters. The Kier molecular flexibility index (Phi) is 5.02. The number of hydrogen-bond donors (Lipinski definition) is 2. The molecule has 21 heavy (non-hydrogen) atoms. The molecule has 1 unspecified atom stereocenters. The molecule has 0 aliphatic heterocycles. The fourth-order valence-corrected chi connectivity index (χ4v) is 2.82. The number of amides is 1. The highest BCUT2D eigenvalue weighted by molar-refractivity contribution is 7.12. The number of benzene rings is 1. The Labute approximate surface area is 130 Å². The highest BCUT2D eigenvalue weighted by atomic mass is 32.1. The van der Waals surface area contributed by atoms with Crippen LogP contribution < -0.4 is 10.6 Å². The SMILES string of the molecule is Cc1ccc(C(C)Nc2ccc(NC(=O)C(C)C)cc2)s1. The minimum Gasteiger partial charge on any atom is -0.378 e. The molecule has 1 aromatic carbocycles. The molecular weight excluding hydrogens is 280 g/mol. The lowest BCUT2D eigenvalue weighted by Gasteiger charge is -2.14. The second kappa shape index (κ2) is 6.76. The van der Waals surface area contributed by atoms with E-state index >= 15 is 0 Å². The molecule has 1 aromatic heterocycles. The van der Waals surface area contributed by atoms with Crippen molar-refractivity contribution in [1.29, 1.82) is 0 Å². The van der Waals surface area contributed by atoms with Crippen molar-refractivity contribution in [2.45, 2.75) is 33.7 Å². The van der Waals surface area contributed by atoms with Crippen LogP contribution in [0.5, 0.6) is 0 Å². The first-order chi connectivity index (χ1) is 9.95. The molecule has 0 saturated carbocycles. The summed E-state index contributed by atoms with van der Waals surface area (Å²) in [5.74, 6) is 0.0306. The van der Waals surface area contributed by atoms with E-state index in [-0.39, 0.29) is 17.9 Å². The number of thiophene rings is 1. The number of rotatable bonds is 5. The van der Waals surface area contributed by atoms with Gasteiger partial charge in [0.25, 0.3) is 0 Å². The average Bonchev–Trinajstić information content (AvgIpc) is 2.87. The van der Waals surface area contributed by atoms with E-state index in [2.05, 4.69) is 36.6 Å². The van der Waals surface area contributed by atoms with Gasteiger partial charge in [-0.2, -0.15) is 0 Å². The van der Waals surface area contributed by atoms with E-state index in [1.54, 1.807) is 0 Å². The Bertz CT molecular complexity index is 602. The molecule has 112 valence electrons. The number of carbonyl (C=O) groups excluding carboxylic acids is 1. The van der Waals surface area contributed by atoms with Crippen molar-refractivity contribution < 1.29 is 4.79 Å². The zero-order valence-corrected chi connectivity index (χ0v) is 13.8. The number of anilines is 2. The van der Waals surface area contributed by atoms with Gasteiger partial charge in [0.2, 0.25) is 5.91 Å². The van der Waals surface area contributed by atoms with Crippen LogP contribution in [0.15, 0.2) is 36.4 Å². The van der Waals surface area contributed by atoms with E-state index < -0.39 is 0 Å². The average molecular weight is 302 g/mol. The third-order valence-electron chi connectivity index (χ3n) is 3.25. The molecule has 0 fully saturated rings. The largest absolute Gasteiger partial charge is 0.378 e. The summed E-state index contributed by atoms with van der Waals surface area (Å²) in [4.78, 5) is 14.3. The van der Waals surface area contributed by atoms with Crippen molar-refractivity contribution in [3.8, 4) is 0 Å². The summed E-state index contributed by atoms with van der Waals surface area (Å²) in [6, 6.07) is 12.4. The van der Waals surface area contributed by atoms with E-state index in [1.165, 1.54) is 9.75 Å². The van der Waals surface area contributed by atoms with Crippen LogP contribution in [-0.4, -0.2) is 5.91 Å². The molecule has 0 aliphatic carbocycles. The second-order valence-corrected chi connectivity index (χ2v) is 6.86. The second-order valence-electron chi connectivity index (χ2n) is 5.54. The van der Waals surface area contributed by atoms with Crippen molar-refractivity contribution in [1.82, 2.24) is 0 Å². The topological polar surface area (TPSA) is 41.1 Å². The van der Waals surface area contributed by atoms with Crippen LogP contribution in [0.3, 0.4) is 0 Å². The third-order valence-corrected chi connectivity index (χ3v) is 4.43. The van der Waals surface area contributed by atoms with Crippen molar-refractivity contribution >= 4 is 28.6 Å². The number of aryl methyl sites for hydroxylation is 1. The van der Waals surface area contributed by atoms with E-state index in [1.807, 2.05) is 49.4 Å². The normalized spacial score (nSPS) is 12.2. The van der Waals surface area contributed by atoms with Crippen molar-refractivity contribution in [3.05, 3.63) is 46.2 Å². The lowest BCUT2D eigenvalue weighted by Crippen LogP contribution is -2.17. The van der Waals surface area contributed by atoms with Gasteiger partial charge >= 0.3 is 0 Å². The maximum Gasteiger partial charge on any atom is 0.226 e. The zero-order valence-electron chi connectivity index (χ0n) is 12.9. The molecule has 0 radical (unpaired) electrons. The molecule has 0 spiro atoms. The fraction of sp³-hybridized carbons (Fsp3) is 0.353. The Balaban J connectivity index is 1.97. The first-order valence-corrected chi connectivity index (χ1v) is 8.01. The maximum absolute atomic E-state index is 11.6. The molecule has 1 amide bonds. The van der Waals surface area contributed by atoms with E-state index in [0.717, 1.165) is 11.4 Å². The van der Waals surface area contributed by atoms with Gasteiger partial charge in [0.15, 0.2) is 0 Å². The van der Waals surface area contributed by atoms with Crippen LogP contribution in [0.4, 0.5) is 11.4 Å². The molecular formula is C17H22N2OS. The van der Waals surface area contributed by atoms with Crippen molar-refractivity contribution in [3.63, 3.8) is 0 Å². The summed E-state index contributed by atoms with van der Waals surface area (Å²) in [6.07, 6.45) is 0. The summed E-state index contributed by atoms with van der Waals surface area (Å²) in [6.45, 7) is 8.04. The van der Waals surface area contributed by atoms with Gasteiger partial charge in [-0.1, -0.05) is 13.8 Å². The van der Waals surface area contributed by atoms with Gasteiger partial charge in [0.05, 0.1) is 6.04 Å². The first kappa shape index (κ1) is 15.6. The van der Waals surface area contributed by atoms with Crippen molar-refractivity contribution in [2.75, 3.05) is 10.6 Å². The number of nitrogens with one attached hydrogen (secondary N) is 2. The number of hydrogen-bond acceptors (Lipinski definition) is 3. The van der Waals surface area contributed by atoms with Crippen LogP contribution in [0, 0.1) is 12.8 Å². The summed E-state index contributed by atoms with van der Waals surface area (Å²) < 4.78 is 0. The van der Waals surface area contributed by atoms with E-state index in [9.17, 15) is 4.79 Å². The van der Waals surface area contributed by atoms with E-state index in [0.29, 0.717) is 0 Å². The molecule has 0 saturated heterocycles. The molecule has 3 nitrogen and oxygen atoms in total. The molecule has 4 heteroatoms. The predicted octanol–water partition coefficient (Wildman–Crippen LogP) is 4.82. The molecule has 2 N–H and O–H groups in total. The standard InChI is InChI=1S/C17H22N2OS/c1-11(2)17(20)19-15-8-6-14(7-9-15)18-13(4)16-10-5-12(3)21-16/h5-11,13,18H,1-4H3,(H,19,20). The lowest BCUT2D eigenvalue weighted by molar-refractivity contribution is -0.118. The van der Waals surface area contributed by atoms with Gasteiger partial charge < -0.3 is 10.6 Å². The minimum atomic E-state index is -0.00936. The highest BCUT2D eigenvalue weighted by Crippen LogP contribution is 2.26. The van der Waals surface area contributed by atoms with Crippen LogP contribution in [0.2, 0.25) is 0 Å². The quantitative estimate of drug-likeness (QED) is 0.831. The summed E-state index contributed by atoms with van der Waals surface area (Å²) in [5, 5.41) is 6.36. The van der Waals surface area contributed by atoms with Gasteiger partial charge in [0.1, 0.15) is 0 Å². The third kappa shape index (κ3) is 4.33. The van der Waals surface area contributed by atoms with Gasteiger partial charge in [-0.25, -0.2) is 0 Å². The zero-order chi connectivity index (χ0) is 15.4. The van der Waals surface area contributed by atoms with Crippen LogP contribution in [0.1, 0.15) is 36.6 Å². The Morgan fingerprint density at radius 3 is 2.14 bits per heavy atom.